The number of nitrogens with zero attached hydrogens (tertiary/aromatic N) is 2. The van der Waals surface area contributed by atoms with E-state index in [0.717, 1.165) is 29.3 Å². The number of carbonyl (C=O) groups is 1. The molecule has 1 aromatic heterocycles. The van der Waals surface area contributed by atoms with E-state index in [2.05, 4.69) is 17.2 Å². The Bertz CT molecular complexity index is 601. The first kappa shape index (κ1) is 17.3. The lowest BCUT2D eigenvalue weighted by Crippen LogP contribution is -2.37. The van der Waals surface area contributed by atoms with Crippen LogP contribution in [0.2, 0.25) is 0 Å². The standard InChI is InChI=1S/C17H23N3O2S/c1-3-16-19-14(13-23-16)12-20(2)17(21)18-10-7-11-22-15-8-5-4-6-9-15/h4-6,8-9,13H,3,7,10-12H2,1-2H3,(H,18,21). The zero-order valence-electron chi connectivity index (χ0n) is 13.6. The zero-order chi connectivity index (χ0) is 16.5. The molecule has 6 heteroatoms. The van der Waals surface area contributed by atoms with Crippen molar-refractivity contribution in [3.8, 4) is 5.75 Å². The minimum absolute atomic E-state index is 0.0873. The number of urea groups is 1. The lowest BCUT2D eigenvalue weighted by molar-refractivity contribution is 0.205. The van der Waals surface area contributed by atoms with Gasteiger partial charge in [0.2, 0.25) is 0 Å². The van der Waals surface area contributed by atoms with Crippen LogP contribution in [0, 0.1) is 0 Å². The highest BCUT2D eigenvalue weighted by Crippen LogP contribution is 2.11. The van der Waals surface area contributed by atoms with Crippen LogP contribution in [-0.4, -0.2) is 36.1 Å². The van der Waals surface area contributed by atoms with Gasteiger partial charge >= 0.3 is 6.03 Å². The van der Waals surface area contributed by atoms with Crippen molar-refractivity contribution in [3.05, 3.63) is 46.4 Å². The minimum atomic E-state index is -0.0873. The predicted molar refractivity (Wildman–Crippen MR) is 92.9 cm³/mol. The summed E-state index contributed by atoms with van der Waals surface area (Å²) in [6.45, 7) is 3.78. The number of thiazole rings is 1. The van der Waals surface area contributed by atoms with Gasteiger partial charge in [-0.1, -0.05) is 25.1 Å². The Labute approximate surface area is 141 Å². The van der Waals surface area contributed by atoms with Crippen molar-refractivity contribution in [1.29, 1.82) is 0 Å². The van der Waals surface area contributed by atoms with Crippen LogP contribution in [0.4, 0.5) is 4.79 Å². The van der Waals surface area contributed by atoms with Gasteiger partial charge in [0, 0.05) is 19.0 Å². The van der Waals surface area contributed by atoms with Crippen molar-refractivity contribution in [3.63, 3.8) is 0 Å². The maximum atomic E-state index is 12.0. The first-order valence-corrected chi connectivity index (χ1v) is 8.67. The van der Waals surface area contributed by atoms with E-state index in [0.29, 0.717) is 19.7 Å². The number of aromatic nitrogens is 1. The Morgan fingerprint density at radius 3 is 2.83 bits per heavy atom. The Hall–Kier alpha value is -2.08. The van der Waals surface area contributed by atoms with Crippen molar-refractivity contribution in [1.82, 2.24) is 15.2 Å². The largest absolute Gasteiger partial charge is 0.494 e. The van der Waals surface area contributed by atoms with E-state index in [1.165, 1.54) is 0 Å². The van der Waals surface area contributed by atoms with Crippen LogP contribution < -0.4 is 10.1 Å². The molecule has 0 saturated heterocycles. The summed E-state index contributed by atoms with van der Waals surface area (Å²) >= 11 is 1.64. The molecule has 2 rings (SSSR count). The van der Waals surface area contributed by atoms with E-state index < -0.39 is 0 Å². The fourth-order valence-corrected chi connectivity index (χ4v) is 2.74. The average Bonchev–Trinajstić information content (AvgIpc) is 3.03. The molecule has 0 aliphatic carbocycles. The van der Waals surface area contributed by atoms with Gasteiger partial charge in [-0.2, -0.15) is 0 Å². The third-order valence-corrected chi connectivity index (χ3v) is 4.30. The van der Waals surface area contributed by atoms with Crippen LogP contribution in [-0.2, 0) is 13.0 Å². The molecule has 0 bridgehead atoms. The van der Waals surface area contributed by atoms with Crippen molar-refractivity contribution < 1.29 is 9.53 Å². The van der Waals surface area contributed by atoms with E-state index in [1.54, 1.807) is 23.3 Å². The molecule has 2 amide bonds. The van der Waals surface area contributed by atoms with Gasteiger partial charge in [-0.3, -0.25) is 0 Å². The quantitative estimate of drug-likeness (QED) is 0.754. The van der Waals surface area contributed by atoms with Crippen molar-refractivity contribution in [2.75, 3.05) is 20.2 Å². The second-order valence-electron chi connectivity index (χ2n) is 5.19. The molecule has 5 nitrogen and oxygen atoms in total. The molecule has 2 aromatic rings. The molecule has 0 radical (unpaired) electrons. The van der Waals surface area contributed by atoms with E-state index in [-0.39, 0.29) is 6.03 Å². The second-order valence-corrected chi connectivity index (χ2v) is 6.13. The highest BCUT2D eigenvalue weighted by atomic mass is 32.1. The van der Waals surface area contributed by atoms with Crippen molar-refractivity contribution >= 4 is 17.4 Å². The third-order valence-electron chi connectivity index (χ3n) is 3.26. The number of rotatable bonds is 8. The summed E-state index contributed by atoms with van der Waals surface area (Å²) in [7, 11) is 1.78. The van der Waals surface area contributed by atoms with Gasteiger partial charge in [0.15, 0.2) is 0 Å². The summed E-state index contributed by atoms with van der Waals surface area (Å²) in [6.07, 6.45) is 1.70. The molecule has 23 heavy (non-hydrogen) atoms. The van der Waals surface area contributed by atoms with E-state index in [9.17, 15) is 4.79 Å². The number of hydrogen-bond acceptors (Lipinski definition) is 4. The summed E-state index contributed by atoms with van der Waals surface area (Å²) in [6, 6.07) is 9.59. The van der Waals surface area contributed by atoms with Gasteiger partial charge in [0.05, 0.1) is 23.9 Å². The molecule has 0 atom stereocenters. The highest BCUT2D eigenvalue weighted by Gasteiger charge is 2.10. The molecule has 1 aromatic carbocycles. The molecule has 0 saturated carbocycles. The number of hydrogen-bond donors (Lipinski definition) is 1. The lowest BCUT2D eigenvalue weighted by atomic mass is 10.3. The molecule has 1 heterocycles. The second kappa shape index (κ2) is 9.15. The maximum Gasteiger partial charge on any atom is 0.317 e. The van der Waals surface area contributed by atoms with E-state index in [1.807, 2.05) is 35.7 Å². The monoisotopic (exact) mass is 333 g/mol. The SMILES string of the molecule is CCc1nc(CN(C)C(=O)NCCCOc2ccccc2)cs1. The first-order chi connectivity index (χ1) is 11.2. The van der Waals surface area contributed by atoms with Crippen LogP contribution >= 0.6 is 11.3 Å². The van der Waals surface area contributed by atoms with Crippen molar-refractivity contribution in [2.24, 2.45) is 0 Å². The average molecular weight is 333 g/mol. The number of para-hydroxylation sites is 1. The van der Waals surface area contributed by atoms with Crippen LogP contribution in [0.3, 0.4) is 0 Å². The Morgan fingerprint density at radius 1 is 1.35 bits per heavy atom. The topological polar surface area (TPSA) is 54.5 Å². The Morgan fingerprint density at radius 2 is 2.13 bits per heavy atom. The minimum Gasteiger partial charge on any atom is -0.494 e. The molecular weight excluding hydrogens is 310 g/mol. The molecule has 0 aliphatic heterocycles. The molecule has 0 aliphatic rings. The number of nitrogens with one attached hydrogen (secondary N) is 1. The van der Waals surface area contributed by atoms with Gasteiger partial charge in [0.25, 0.3) is 0 Å². The summed E-state index contributed by atoms with van der Waals surface area (Å²) in [5.74, 6) is 0.853. The Kier molecular flexibility index (Phi) is 6.87. The highest BCUT2D eigenvalue weighted by molar-refractivity contribution is 7.09. The van der Waals surface area contributed by atoms with Gasteiger partial charge in [-0.15, -0.1) is 11.3 Å². The number of aryl methyl sites for hydroxylation is 1. The molecule has 0 fully saturated rings. The fraction of sp³-hybridized carbons (Fsp3) is 0.412. The van der Waals surface area contributed by atoms with E-state index in [4.69, 9.17) is 4.74 Å². The summed E-state index contributed by atoms with van der Waals surface area (Å²) in [5.41, 5.74) is 0.942. The van der Waals surface area contributed by atoms with Gasteiger partial charge in [-0.25, -0.2) is 9.78 Å². The number of carbonyl (C=O) groups excluding carboxylic acids is 1. The molecule has 0 spiro atoms. The zero-order valence-corrected chi connectivity index (χ0v) is 14.4. The van der Waals surface area contributed by atoms with Crippen LogP contribution in [0.5, 0.6) is 5.75 Å². The molecular formula is C17H23N3O2S. The summed E-state index contributed by atoms with van der Waals surface area (Å²) in [4.78, 5) is 18.1. The van der Waals surface area contributed by atoms with Crippen LogP contribution in [0.1, 0.15) is 24.0 Å². The maximum absolute atomic E-state index is 12.0. The number of amides is 2. The smallest absolute Gasteiger partial charge is 0.317 e. The normalized spacial score (nSPS) is 10.3. The van der Waals surface area contributed by atoms with Crippen molar-refractivity contribution in [2.45, 2.75) is 26.3 Å². The van der Waals surface area contributed by atoms with Gasteiger partial charge < -0.3 is 15.0 Å². The first-order valence-electron chi connectivity index (χ1n) is 7.79. The predicted octanol–water partition coefficient (Wildman–Crippen LogP) is 3.32. The van der Waals surface area contributed by atoms with E-state index >= 15 is 0 Å². The molecule has 1 N–H and O–H groups in total. The number of ether oxygens (including phenoxy) is 1. The fourth-order valence-electron chi connectivity index (χ4n) is 2.01. The summed E-state index contributed by atoms with van der Waals surface area (Å²) in [5, 5.41) is 6.01. The number of benzene rings is 1. The van der Waals surface area contributed by atoms with Gasteiger partial charge in [-0.05, 0) is 25.0 Å². The Balaban J connectivity index is 1.62. The van der Waals surface area contributed by atoms with Gasteiger partial charge in [0.1, 0.15) is 5.75 Å². The third kappa shape index (κ3) is 5.90. The summed E-state index contributed by atoms with van der Waals surface area (Å²) < 4.78 is 5.59. The lowest BCUT2D eigenvalue weighted by Gasteiger charge is -2.16. The van der Waals surface area contributed by atoms with Crippen LogP contribution in [0.15, 0.2) is 35.7 Å². The van der Waals surface area contributed by atoms with Crippen LogP contribution in [0.25, 0.3) is 0 Å². The molecule has 0 unspecified atom stereocenters. The molecule has 124 valence electrons.